The average molecular weight is 416 g/mol. The minimum Gasteiger partial charge on any atom is -0.494 e. The number of ether oxygens (including phenoxy) is 1. The molecule has 1 aliphatic rings. The summed E-state index contributed by atoms with van der Waals surface area (Å²) in [6, 6.07) is 7.86. The van der Waals surface area contributed by atoms with E-state index in [1.807, 2.05) is 0 Å². The number of hydrogen-bond acceptors (Lipinski definition) is 7. The van der Waals surface area contributed by atoms with Crippen LogP contribution < -0.4 is 4.74 Å². The molecule has 1 fully saturated rings. The summed E-state index contributed by atoms with van der Waals surface area (Å²) in [5.41, 5.74) is 0.205. The number of furan rings is 1. The fraction of sp³-hybridized carbons (Fsp3) is 0.158. The van der Waals surface area contributed by atoms with Gasteiger partial charge >= 0.3 is 0 Å². The highest BCUT2D eigenvalue weighted by Gasteiger charge is 2.31. The highest BCUT2D eigenvalue weighted by molar-refractivity contribution is 8.26. The van der Waals surface area contributed by atoms with Crippen LogP contribution in [0, 0.1) is 10.1 Å². The minimum absolute atomic E-state index is 0.121. The molecule has 2 aromatic rings. The second kappa shape index (κ2) is 8.41. The third-order valence-electron chi connectivity index (χ3n) is 3.83. The van der Waals surface area contributed by atoms with E-state index in [0.717, 1.165) is 0 Å². The first-order valence-electron chi connectivity index (χ1n) is 8.32. The number of benzene rings is 1. The normalized spacial score (nSPS) is 15.3. The molecule has 0 aliphatic carbocycles. The molecule has 2 heterocycles. The van der Waals surface area contributed by atoms with Crippen molar-refractivity contribution >= 4 is 46.0 Å². The molecule has 0 N–H and O–H groups in total. The minimum atomic E-state index is -0.486. The number of nitro benzene ring substituents is 1. The quantitative estimate of drug-likeness (QED) is 0.214. The predicted molar refractivity (Wildman–Crippen MR) is 112 cm³/mol. The number of rotatable bonds is 7. The van der Waals surface area contributed by atoms with E-state index in [9.17, 15) is 14.9 Å². The summed E-state index contributed by atoms with van der Waals surface area (Å²) >= 11 is 6.37. The smallest absolute Gasteiger partial charge is 0.284 e. The van der Waals surface area contributed by atoms with Crippen molar-refractivity contribution in [3.05, 3.63) is 63.8 Å². The van der Waals surface area contributed by atoms with Crippen molar-refractivity contribution in [3.63, 3.8) is 0 Å². The maximum absolute atomic E-state index is 12.4. The highest BCUT2D eigenvalue weighted by atomic mass is 32.2. The van der Waals surface area contributed by atoms with Crippen molar-refractivity contribution in [1.29, 1.82) is 0 Å². The second-order valence-electron chi connectivity index (χ2n) is 5.65. The Kier molecular flexibility index (Phi) is 5.96. The standard InChI is InChI=1S/C19H16N2O5S2/c1-3-9-20-18(22)17(28-19(20)27)11-13-6-8-16(26-13)14-7-5-12(25-4-2)10-15(14)21(23)24/h3,5-8,10-11H,1,4,9H2,2H3. The van der Waals surface area contributed by atoms with Crippen LogP contribution in [-0.2, 0) is 4.79 Å². The first-order chi connectivity index (χ1) is 13.4. The van der Waals surface area contributed by atoms with Gasteiger partial charge in [0.05, 0.1) is 28.1 Å². The van der Waals surface area contributed by atoms with E-state index in [1.54, 1.807) is 43.3 Å². The van der Waals surface area contributed by atoms with Gasteiger partial charge in [0.15, 0.2) is 0 Å². The zero-order chi connectivity index (χ0) is 20.3. The molecule has 1 aromatic heterocycles. The Bertz CT molecular complexity index is 996. The molecule has 0 spiro atoms. The van der Waals surface area contributed by atoms with Gasteiger partial charge in [-0.1, -0.05) is 30.1 Å². The molecule has 28 heavy (non-hydrogen) atoms. The third-order valence-corrected chi connectivity index (χ3v) is 5.21. The van der Waals surface area contributed by atoms with Crippen molar-refractivity contribution in [1.82, 2.24) is 4.90 Å². The van der Waals surface area contributed by atoms with Gasteiger partial charge in [-0.15, -0.1) is 6.58 Å². The van der Waals surface area contributed by atoms with Crippen LogP contribution in [0.5, 0.6) is 5.75 Å². The van der Waals surface area contributed by atoms with Crippen LogP contribution in [0.15, 0.2) is 52.3 Å². The number of nitro groups is 1. The van der Waals surface area contributed by atoms with Crippen LogP contribution in [-0.4, -0.2) is 33.2 Å². The molecule has 1 aliphatic heterocycles. The first-order valence-corrected chi connectivity index (χ1v) is 9.54. The summed E-state index contributed by atoms with van der Waals surface area (Å²) in [6.45, 7) is 6.16. The van der Waals surface area contributed by atoms with Crippen molar-refractivity contribution in [2.24, 2.45) is 0 Å². The maximum Gasteiger partial charge on any atom is 0.284 e. The van der Waals surface area contributed by atoms with E-state index in [2.05, 4.69) is 6.58 Å². The van der Waals surface area contributed by atoms with Gasteiger partial charge in [-0.25, -0.2) is 0 Å². The molecule has 0 unspecified atom stereocenters. The average Bonchev–Trinajstić information content (AvgIpc) is 3.22. The molecule has 0 saturated carbocycles. The number of thioether (sulfide) groups is 1. The molecular weight excluding hydrogens is 400 g/mol. The fourth-order valence-electron chi connectivity index (χ4n) is 2.62. The second-order valence-corrected chi connectivity index (χ2v) is 7.33. The number of hydrogen-bond donors (Lipinski definition) is 0. The summed E-state index contributed by atoms with van der Waals surface area (Å²) in [6.07, 6.45) is 3.18. The molecule has 1 saturated heterocycles. The monoisotopic (exact) mass is 416 g/mol. The number of amides is 1. The van der Waals surface area contributed by atoms with E-state index in [0.29, 0.717) is 45.2 Å². The van der Waals surface area contributed by atoms with Gasteiger partial charge in [-0.3, -0.25) is 19.8 Å². The van der Waals surface area contributed by atoms with Crippen molar-refractivity contribution in [3.8, 4) is 17.1 Å². The Morgan fingerprint density at radius 1 is 1.39 bits per heavy atom. The maximum atomic E-state index is 12.4. The summed E-state index contributed by atoms with van der Waals surface area (Å²) in [5.74, 6) is 0.912. The third kappa shape index (κ3) is 4.00. The van der Waals surface area contributed by atoms with Gasteiger partial charge in [-0.05, 0) is 31.2 Å². The SMILES string of the molecule is C=CCN1C(=O)C(=Cc2ccc(-c3ccc(OCC)cc3[N+](=O)[O-])o2)SC1=S. The number of thiocarbonyl (C=S) groups is 1. The van der Waals surface area contributed by atoms with E-state index in [-0.39, 0.29) is 11.6 Å². The van der Waals surface area contributed by atoms with Gasteiger partial charge < -0.3 is 9.15 Å². The van der Waals surface area contributed by atoms with Crippen LogP contribution in [0.25, 0.3) is 17.4 Å². The Morgan fingerprint density at radius 2 is 2.18 bits per heavy atom. The van der Waals surface area contributed by atoms with Crippen LogP contribution >= 0.6 is 24.0 Å². The van der Waals surface area contributed by atoms with Crippen molar-refractivity contribution in [2.75, 3.05) is 13.2 Å². The molecule has 3 rings (SSSR count). The number of nitrogens with zero attached hydrogens (tertiary/aromatic N) is 2. The molecule has 7 nitrogen and oxygen atoms in total. The molecule has 0 atom stereocenters. The van der Waals surface area contributed by atoms with Gasteiger partial charge in [-0.2, -0.15) is 0 Å². The summed E-state index contributed by atoms with van der Waals surface area (Å²) in [5, 5.41) is 11.4. The lowest BCUT2D eigenvalue weighted by Crippen LogP contribution is -2.27. The summed E-state index contributed by atoms with van der Waals surface area (Å²) in [4.78, 5) is 25.2. The Morgan fingerprint density at radius 3 is 2.86 bits per heavy atom. The largest absolute Gasteiger partial charge is 0.494 e. The topological polar surface area (TPSA) is 85.8 Å². The zero-order valence-corrected chi connectivity index (χ0v) is 16.5. The fourth-order valence-corrected chi connectivity index (χ4v) is 3.87. The van der Waals surface area contributed by atoms with Crippen LogP contribution in [0.3, 0.4) is 0 Å². The Hall–Kier alpha value is -2.91. The summed E-state index contributed by atoms with van der Waals surface area (Å²) < 4.78 is 11.5. The molecule has 0 bridgehead atoms. The lowest BCUT2D eigenvalue weighted by Gasteiger charge is -2.10. The lowest BCUT2D eigenvalue weighted by molar-refractivity contribution is -0.384. The molecule has 1 aromatic carbocycles. The number of carbonyl (C=O) groups is 1. The van der Waals surface area contributed by atoms with E-state index in [1.165, 1.54) is 22.7 Å². The Labute approximate surface area is 170 Å². The molecule has 9 heteroatoms. The first kappa shape index (κ1) is 19.8. The number of carbonyl (C=O) groups excluding carboxylic acids is 1. The van der Waals surface area contributed by atoms with Crippen molar-refractivity contribution in [2.45, 2.75) is 6.92 Å². The highest BCUT2D eigenvalue weighted by Crippen LogP contribution is 2.36. The molecule has 1 amide bonds. The zero-order valence-electron chi connectivity index (χ0n) is 14.9. The van der Waals surface area contributed by atoms with Crippen LogP contribution in [0.1, 0.15) is 12.7 Å². The van der Waals surface area contributed by atoms with Gasteiger partial charge in [0.25, 0.3) is 11.6 Å². The summed E-state index contributed by atoms with van der Waals surface area (Å²) in [7, 11) is 0. The van der Waals surface area contributed by atoms with Gasteiger partial charge in [0.1, 0.15) is 21.6 Å². The van der Waals surface area contributed by atoms with E-state index in [4.69, 9.17) is 21.4 Å². The van der Waals surface area contributed by atoms with Gasteiger partial charge in [0, 0.05) is 12.6 Å². The predicted octanol–water partition coefficient (Wildman–Crippen LogP) is 4.64. The molecule has 0 radical (unpaired) electrons. The van der Waals surface area contributed by atoms with Crippen molar-refractivity contribution < 1.29 is 18.9 Å². The molecule has 144 valence electrons. The molecular formula is C19H16N2O5S2. The lowest BCUT2D eigenvalue weighted by atomic mass is 10.1. The Balaban J connectivity index is 1.91. The van der Waals surface area contributed by atoms with Gasteiger partial charge in [0.2, 0.25) is 0 Å². The van der Waals surface area contributed by atoms with Crippen LogP contribution in [0.4, 0.5) is 5.69 Å². The van der Waals surface area contributed by atoms with Crippen LogP contribution in [0.2, 0.25) is 0 Å². The van der Waals surface area contributed by atoms with E-state index >= 15 is 0 Å². The van der Waals surface area contributed by atoms with E-state index < -0.39 is 4.92 Å².